The van der Waals surface area contributed by atoms with Crippen molar-refractivity contribution in [1.29, 1.82) is 0 Å². The second-order valence-electron chi connectivity index (χ2n) is 10.1. The van der Waals surface area contributed by atoms with Gasteiger partial charge in [0.05, 0.1) is 16.3 Å². The molecule has 1 aliphatic heterocycles. The second kappa shape index (κ2) is 10.3. The number of aryl methyl sites for hydroxylation is 1. The first-order valence-corrected chi connectivity index (χ1v) is 12.8. The van der Waals surface area contributed by atoms with Crippen LogP contribution in [0.5, 0.6) is 0 Å². The molecule has 11 heteroatoms. The number of hydrogen-bond donors (Lipinski definition) is 1. The van der Waals surface area contributed by atoms with E-state index in [0.29, 0.717) is 48.3 Å². The van der Waals surface area contributed by atoms with Crippen molar-refractivity contribution in [2.24, 2.45) is 0 Å². The molecular weight excluding hydrogens is 496 g/mol. The van der Waals surface area contributed by atoms with E-state index in [2.05, 4.69) is 14.9 Å². The maximum absolute atomic E-state index is 13.2. The number of carbonyl (C=O) groups is 1. The van der Waals surface area contributed by atoms with Crippen LogP contribution in [0.25, 0.3) is 22.2 Å². The van der Waals surface area contributed by atoms with E-state index in [1.807, 2.05) is 68.2 Å². The summed E-state index contributed by atoms with van der Waals surface area (Å²) in [7, 11) is 7.59. The number of hydrogen-bond acceptors (Lipinski definition) is 8. The van der Waals surface area contributed by atoms with E-state index in [4.69, 9.17) is 4.98 Å². The number of nitrogens with one attached hydrogen (secondary N) is 1. The number of nitrogens with zero attached hydrogens (tertiary/aromatic N) is 7. The van der Waals surface area contributed by atoms with Crippen LogP contribution < -0.4 is 10.2 Å². The number of rotatable bonds is 8. The van der Waals surface area contributed by atoms with Gasteiger partial charge in [0, 0.05) is 69.0 Å². The van der Waals surface area contributed by atoms with Gasteiger partial charge in [-0.05, 0) is 44.8 Å². The van der Waals surface area contributed by atoms with Crippen LogP contribution in [0.3, 0.4) is 0 Å². The van der Waals surface area contributed by atoms with E-state index < -0.39 is 0 Å². The molecule has 5 rings (SSSR count). The highest BCUT2D eigenvalue weighted by atomic mass is 16.6. The van der Waals surface area contributed by atoms with Crippen LogP contribution in [-0.4, -0.2) is 83.0 Å². The smallest absolute Gasteiger partial charge is 0.294 e. The highest BCUT2D eigenvalue weighted by Crippen LogP contribution is 2.37. The Balaban J connectivity index is 1.54. The fourth-order valence-corrected chi connectivity index (χ4v) is 4.97. The van der Waals surface area contributed by atoms with E-state index in [0.717, 1.165) is 28.6 Å². The van der Waals surface area contributed by atoms with Gasteiger partial charge >= 0.3 is 0 Å². The van der Waals surface area contributed by atoms with Gasteiger partial charge in [0.1, 0.15) is 11.4 Å². The number of likely N-dealkylation sites (N-methyl/N-ethyl adjacent to an activating group) is 3. The Morgan fingerprint density at radius 1 is 1.10 bits per heavy atom. The van der Waals surface area contributed by atoms with Crippen molar-refractivity contribution in [3.05, 3.63) is 70.0 Å². The molecule has 1 amide bonds. The van der Waals surface area contributed by atoms with Crippen molar-refractivity contribution in [3.8, 4) is 11.3 Å². The van der Waals surface area contributed by atoms with Crippen molar-refractivity contribution >= 4 is 39.8 Å². The molecule has 0 atom stereocenters. The van der Waals surface area contributed by atoms with E-state index in [9.17, 15) is 14.9 Å². The number of anilines is 3. The Hall–Kier alpha value is -4.51. The fraction of sp³-hybridized carbons (Fsp3) is 0.321. The Bertz CT molecular complexity index is 1580. The van der Waals surface area contributed by atoms with E-state index in [1.54, 1.807) is 24.2 Å². The molecule has 0 aliphatic carbocycles. The molecule has 0 saturated heterocycles. The topological polar surface area (TPSA) is 113 Å². The molecule has 0 spiro atoms. The Labute approximate surface area is 226 Å². The summed E-state index contributed by atoms with van der Waals surface area (Å²) in [6, 6.07) is 13.1. The largest absolute Gasteiger partial charge is 0.368 e. The van der Waals surface area contributed by atoms with Crippen LogP contribution >= 0.6 is 0 Å². The molecule has 202 valence electrons. The van der Waals surface area contributed by atoms with E-state index in [1.165, 1.54) is 6.07 Å². The van der Waals surface area contributed by atoms with Crippen LogP contribution in [0.4, 0.5) is 23.0 Å². The predicted octanol–water partition coefficient (Wildman–Crippen LogP) is 4.14. The van der Waals surface area contributed by atoms with Gasteiger partial charge in [-0.1, -0.05) is 18.2 Å². The quantitative estimate of drug-likeness (QED) is 0.268. The van der Waals surface area contributed by atoms with Gasteiger partial charge in [-0.25, -0.2) is 9.97 Å². The lowest BCUT2D eigenvalue weighted by atomic mass is 10.1. The van der Waals surface area contributed by atoms with Gasteiger partial charge in [0.25, 0.3) is 11.6 Å². The standard InChI is InChI=1S/C28H32N8O3/c1-18-16-23(33(4)13-12-32(2)3)24(36(38)39)17-21(18)31-28-29-11-10-20(30-28)25-19-8-6-7-9-22(19)35-15-14-34(5)27(37)26(25)35/h6-11,16-17H,12-15H2,1-5H3,(H,29,30,31). The molecule has 1 aliphatic rings. The van der Waals surface area contributed by atoms with Crippen molar-refractivity contribution in [2.75, 3.05) is 58.0 Å². The monoisotopic (exact) mass is 528 g/mol. The maximum atomic E-state index is 13.2. The van der Waals surface area contributed by atoms with E-state index >= 15 is 0 Å². The van der Waals surface area contributed by atoms with Crippen LogP contribution in [0.2, 0.25) is 0 Å². The summed E-state index contributed by atoms with van der Waals surface area (Å²) in [6.45, 7) is 4.65. The van der Waals surface area contributed by atoms with Gasteiger partial charge in [-0.2, -0.15) is 0 Å². The SMILES string of the molecule is Cc1cc(N(C)CCN(C)C)c([N+](=O)[O-])cc1Nc1nccc(-c2c3n(c4ccccc24)CCN(C)C3=O)n1. The molecule has 3 heterocycles. The molecule has 1 N–H and O–H groups in total. The summed E-state index contributed by atoms with van der Waals surface area (Å²) >= 11 is 0. The number of benzene rings is 2. The number of fused-ring (bicyclic) bond motifs is 3. The lowest BCUT2D eigenvalue weighted by Crippen LogP contribution is -2.37. The second-order valence-corrected chi connectivity index (χ2v) is 10.1. The Kier molecular flexibility index (Phi) is 6.92. The third kappa shape index (κ3) is 4.88. The zero-order valence-electron chi connectivity index (χ0n) is 22.8. The maximum Gasteiger partial charge on any atom is 0.294 e. The molecule has 0 unspecified atom stereocenters. The number of aromatic nitrogens is 3. The first kappa shape index (κ1) is 26.1. The zero-order valence-corrected chi connectivity index (χ0v) is 22.8. The summed E-state index contributed by atoms with van der Waals surface area (Å²) in [5.74, 6) is 0.236. The fourth-order valence-electron chi connectivity index (χ4n) is 4.97. The first-order valence-electron chi connectivity index (χ1n) is 12.8. The minimum absolute atomic E-state index is 0.00152. The minimum Gasteiger partial charge on any atom is -0.368 e. The molecule has 39 heavy (non-hydrogen) atoms. The van der Waals surface area contributed by atoms with Crippen molar-refractivity contribution in [1.82, 2.24) is 24.3 Å². The molecule has 2 aromatic carbocycles. The average Bonchev–Trinajstić information content (AvgIpc) is 3.25. The van der Waals surface area contributed by atoms with Crippen molar-refractivity contribution in [3.63, 3.8) is 0 Å². The molecule has 2 aromatic heterocycles. The first-order chi connectivity index (χ1) is 18.7. The van der Waals surface area contributed by atoms with Crippen molar-refractivity contribution in [2.45, 2.75) is 13.5 Å². The van der Waals surface area contributed by atoms with Crippen LogP contribution in [0.1, 0.15) is 16.1 Å². The van der Waals surface area contributed by atoms with Crippen LogP contribution in [-0.2, 0) is 6.54 Å². The molecule has 11 nitrogen and oxygen atoms in total. The molecule has 0 saturated carbocycles. The highest BCUT2D eigenvalue weighted by Gasteiger charge is 2.30. The summed E-state index contributed by atoms with van der Waals surface area (Å²) in [5, 5.41) is 16.1. The Morgan fingerprint density at radius 2 is 1.87 bits per heavy atom. The summed E-state index contributed by atoms with van der Waals surface area (Å²) in [4.78, 5) is 39.6. The molecular formula is C28H32N8O3. The minimum atomic E-state index is -0.370. The number of para-hydroxylation sites is 1. The Morgan fingerprint density at radius 3 is 2.62 bits per heavy atom. The van der Waals surface area contributed by atoms with Gasteiger partial charge in [0.2, 0.25) is 5.95 Å². The lowest BCUT2D eigenvalue weighted by Gasteiger charge is -2.25. The third-order valence-corrected chi connectivity index (χ3v) is 7.15. The average molecular weight is 529 g/mol. The van der Waals surface area contributed by atoms with Gasteiger partial charge < -0.3 is 24.6 Å². The predicted molar refractivity (Wildman–Crippen MR) is 153 cm³/mol. The highest BCUT2D eigenvalue weighted by molar-refractivity contribution is 6.10. The molecule has 0 radical (unpaired) electrons. The molecule has 0 bridgehead atoms. The van der Waals surface area contributed by atoms with Gasteiger partial charge in [-0.15, -0.1) is 0 Å². The van der Waals surface area contributed by atoms with E-state index in [-0.39, 0.29) is 16.5 Å². The summed E-state index contributed by atoms with van der Waals surface area (Å²) in [6.07, 6.45) is 1.63. The van der Waals surface area contributed by atoms with Crippen molar-refractivity contribution < 1.29 is 9.72 Å². The number of carbonyl (C=O) groups excluding carboxylic acids is 1. The third-order valence-electron chi connectivity index (χ3n) is 7.15. The molecule has 0 fully saturated rings. The van der Waals surface area contributed by atoms with Crippen LogP contribution in [0.15, 0.2) is 48.7 Å². The number of nitro groups is 1. The normalized spacial score (nSPS) is 13.2. The number of amides is 1. The zero-order chi connectivity index (χ0) is 27.8. The van der Waals surface area contributed by atoms with Gasteiger partial charge in [-0.3, -0.25) is 14.9 Å². The van der Waals surface area contributed by atoms with Gasteiger partial charge in [0.15, 0.2) is 0 Å². The number of nitro benzene ring substituents is 1. The summed E-state index contributed by atoms with van der Waals surface area (Å²) in [5.41, 5.74) is 4.87. The lowest BCUT2D eigenvalue weighted by molar-refractivity contribution is -0.384. The molecule has 4 aromatic rings. The van der Waals surface area contributed by atoms with Crippen LogP contribution in [0, 0.1) is 17.0 Å². The summed E-state index contributed by atoms with van der Waals surface area (Å²) < 4.78 is 2.06.